The topological polar surface area (TPSA) is 103 Å². The Labute approximate surface area is 194 Å². The van der Waals surface area contributed by atoms with Crippen LogP contribution >= 0.6 is 11.8 Å². The van der Waals surface area contributed by atoms with Crippen molar-refractivity contribution in [2.45, 2.75) is 23.8 Å². The number of nitrogens with zero attached hydrogens (tertiary/aromatic N) is 4. The molecule has 1 unspecified atom stereocenters. The summed E-state index contributed by atoms with van der Waals surface area (Å²) in [6, 6.07) is 25.7. The maximum Gasteiger partial charge on any atom is 0.292 e. The van der Waals surface area contributed by atoms with Crippen LogP contribution in [0.25, 0.3) is 5.69 Å². The third-order valence-corrected chi connectivity index (χ3v) is 5.97. The Kier molecular flexibility index (Phi) is 6.80. The molecule has 0 saturated carbocycles. The predicted molar refractivity (Wildman–Crippen MR) is 128 cm³/mol. The second kappa shape index (κ2) is 10.1. The molecule has 0 aliphatic heterocycles. The molecule has 0 aliphatic carbocycles. The van der Waals surface area contributed by atoms with E-state index < -0.39 is 10.2 Å². The van der Waals surface area contributed by atoms with Gasteiger partial charge in [-0.25, -0.2) is 0 Å². The zero-order valence-corrected chi connectivity index (χ0v) is 18.6. The number of hydrogen-bond donors (Lipinski definition) is 1. The molecule has 0 spiro atoms. The average molecular weight is 460 g/mol. The predicted octanol–water partition coefficient (Wildman–Crippen LogP) is 4.89. The largest absolute Gasteiger partial charge is 0.319 e. The van der Waals surface area contributed by atoms with Crippen molar-refractivity contribution in [3.05, 3.63) is 106 Å². The van der Waals surface area contributed by atoms with E-state index in [1.54, 1.807) is 19.1 Å². The zero-order valence-electron chi connectivity index (χ0n) is 17.8. The summed E-state index contributed by atoms with van der Waals surface area (Å²) in [4.78, 5) is 23.6. The highest BCUT2D eigenvalue weighted by Gasteiger charge is 2.23. The van der Waals surface area contributed by atoms with Crippen LogP contribution in [0.3, 0.4) is 0 Å². The van der Waals surface area contributed by atoms with E-state index in [4.69, 9.17) is 0 Å². The molecule has 8 nitrogen and oxygen atoms in total. The molecular weight excluding hydrogens is 438 g/mol. The van der Waals surface area contributed by atoms with Crippen molar-refractivity contribution in [3.8, 4) is 5.69 Å². The van der Waals surface area contributed by atoms with E-state index in [2.05, 4.69) is 15.5 Å². The van der Waals surface area contributed by atoms with E-state index in [-0.39, 0.29) is 17.3 Å². The van der Waals surface area contributed by atoms with Crippen LogP contribution in [-0.4, -0.2) is 30.8 Å². The molecule has 33 heavy (non-hydrogen) atoms. The first-order valence-corrected chi connectivity index (χ1v) is 11.2. The lowest BCUT2D eigenvalue weighted by molar-refractivity contribution is -0.383. The summed E-state index contributed by atoms with van der Waals surface area (Å²) in [7, 11) is 0. The van der Waals surface area contributed by atoms with Crippen molar-refractivity contribution in [1.82, 2.24) is 14.8 Å². The summed E-state index contributed by atoms with van der Waals surface area (Å²) in [5.74, 6) is 0.391. The van der Waals surface area contributed by atoms with Gasteiger partial charge in [-0.15, -0.1) is 10.2 Å². The number of para-hydroxylation sites is 3. The lowest BCUT2D eigenvalue weighted by Gasteiger charge is -2.14. The minimum atomic E-state index is -0.568. The Morgan fingerprint density at radius 2 is 1.64 bits per heavy atom. The smallest absolute Gasteiger partial charge is 0.292 e. The van der Waals surface area contributed by atoms with Gasteiger partial charge in [-0.3, -0.25) is 19.5 Å². The maximum atomic E-state index is 12.8. The fourth-order valence-electron chi connectivity index (χ4n) is 3.29. The molecule has 1 aromatic heterocycles. The minimum absolute atomic E-state index is 0.152. The fourth-order valence-corrected chi connectivity index (χ4v) is 4.18. The van der Waals surface area contributed by atoms with Crippen LogP contribution in [0.5, 0.6) is 0 Å². The van der Waals surface area contributed by atoms with E-state index in [0.29, 0.717) is 11.6 Å². The number of anilines is 1. The van der Waals surface area contributed by atoms with E-state index in [1.165, 1.54) is 23.9 Å². The van der Waals surface area contributed by atoms with Gasteiger partial charge >= 0.3 is 0 Å². The van der Waals surface area contributed by atoms with Crippen molar-refractivity contribution >= 4 is 29.0 Å². The summed E-state index contributed by atoms with van der Waals surface area (Å²) < 4.78 is 1.94. The van der Waals surface area contributed by atoms with Gasteiger partial charge in [0.05, 0.1) is 10.2 Å². The number of carbonyl (C=O) groups is 1. The highest BCUT2D eigenvalue weighted by Crippen LogP contribution is 2.29. The molecule has 0 saturated heterocycles. The summed E-state index contributed by atoms with van der Waals surface area (Å²) >= 11 is 1.25. The first-order valence-electron chi connectivity index (χ1n) is 10.3. The standard InChI is InChI=1S/C24H21N5O3S/c1-17(23(30)25-20-14-8-9-15-21(20)29(31)32)33-24-27-26-22(16-18-10-4-2-5-11-18)28(24)19-12-6-3-7-13-19/h2-15,17H,16H2,1H3,(H,25,30). The second-order valence-corrected chi connectivity index (χ2v) is 8.56. The number of nitro benzene ring substituents is 1. The lowest BCUT2D eigenvalue weighted by Crippen LogP contribution is -2.23. The summed E-state index contributed by atoms with van der Waals surface area (Å²) in [6.07, 6.45) is 0.583. The molecule has 4 aromatic rings. The number of thioether (sulfide) groups is 1. The quantitative estimate of drug-likeness (QED) is 0.229. The summed E-state index contributed by atoms with van der Waals surface area (Å²) in [5.41, 5.74) is 2.00. The van der Waals surface area contributed by atoms with Crippen LogP contribution in [0.2, 0.25) is 0 Å². The average Bonchev–Trinajstić information content (AvgIpc) is 3.22. The zero-order chi connectivity index (χ0) is 23.2. The number of benzene rings is 3. The Bertz CT molecular complexity index is 1260. The second-order valence-electron chi connectivity index (χ2n) is 7.26. The molecule has 1 amide bonds. The third-order valence-electron chi connectivity index (χ3n) is 4.93. The SMILES string of the molecule is CC(Sc1nnc(Cc2ccccc2)n1-c1ccccc1)C(=O)Nc1ccccc1[N+](=O)[O-]. The Morgan fingerprint density at radius 3 is 2.33 bits per heavy atom. The first kappa shape index (κ1) is 22.2. The van der Waals surface area contributed by atoms with Gasteiger partial charge in [0, 0.05) is 18.2 Å². The highest BCUT2D eigenvalue weighted by atomic mass is 32.2. The van der Waals surface area contributed by atoms with E-state index >= 15 is 0 Å². The molecule has 0 fully saturated rings. The van der Waals surface area contributed by atoms with E-state index in [0.717, 1.165) is 17.1 Å². The normalized spacial score (nSPS) is 11.7. The van der Waals surface area contributed by atoms with Crippen LogP contribution in [0.15, 0.2) is 90.1 Å². The number of rotatable bonds is 8. The molecule has 4 rings (SSSR count). The van der Waals surface area contributed by atoms with Gasteiger partial charge in [0.1, 0.15) is 11.5 Å². The van der Waals surface area contributed by atoms with Gasteiger partial charge in [0.25, 0.3) is 5.69 Å². The summed E-state index contributed by atoms with van der Waals surface area (Å²) in [6.45, 7) is 1.73. The van der Waals surface area contributed by atoms with Crippen molar-refractivity contribution in [2.75, 3.05) is 5.32 Å². The van der Waals surface area contributed by atoms with Crippen molar-refractivity contribution in [1.29, 1.82) is 0 Å². The Balaban J connectivity index is 1.58. The molecular formula is C24H21N5O3S. The third kappa shape index (κ3) is 5.27. The minimum Gasteiger partial charge on any atom is -0.319 e. The van der Waals surface area contributed by atoms with Gasteiger partial charge < -0.3 is 5.32 Å². The fraction of sp³-hybridized carbons (Fsp3) is 0.125. The molecule has 0 bridgehead atoms. The van der Waals surface area contributed by atoms with Crippen molar-refractivity contribution < 1.29 is 9.72 Å². The van der Waals surface area contributed by atoms with E-state index in [1.807, 2.05) is 65.2 Å². The molecule has 0 aliphatic rings. The molecule has 1 N–H and O–H groups in total. The lowest BCUT2D eigenvalue weighted by atomic mass is 10.1. The number of nitrogens with one attached hydrogen (secondary N) is 1. The van der Waals surface area contributed by atoms with Crippen molar-refractivity contribution in [3.63, 3.8) is 0 Å². The highest BCUT2D eigenvalue weighted by molar-refractivity contribution is 8.00. The van der Waals surface area contributed by atoms with Crippen molar-refractivity contribution in [2.24, 2.45) is 0 Å². The monoisotopic (exact) mass is 459 g/mol. The number of hydrogen-bond acceptors (Lipinski definition) is 6. The molecule has 1 heterocycles. The Hall–Kier alpha value is -3.98. The van der Waals surface area contributed by atoms with Crippen LogP contribution in [0.1, 0.15) is 18.3 Å². The first-order chi connectivity index (χ1) is 16.0. The number of nitro groups is 1. The van der Waals surface area contributed by atoms with Gasteiger partial charge in [-0.1, -0.05) is 72.4 Å². The van der Waals surface area contributed by atoms with Crippen LogP contribution in [-0.2, 0) is 11.2 Å². The van der Waals surface area contributed by atoms with Crippen LogP contribution < -0.4 is 5.32 Å². The Morgan fingerprint density at radius 1 is 1.00 bits per heavy atom. The van der Waals surface area contributed by atoms with Crippen LogP contribution in [0.4, 0.5) is 11.4 Å². The molecule has 0 radical (unpaired) electrons. The van der Waals surface area contributed by atoms with Gasteiger partial charge in [0.2, 0.25) is 5.91 Å². The molecule has 3 aromatic carbocycles. The molecule has 9 heteroatoms. The number of aromatic nitrogens is 3. The molecule has 166 valence electrons. The van der Waals surface area contributed by atoms with Crippen LogP contribution in [0, 0.1) is 10.1 Å². The van der Waals surface area contributed by atoms with Gasteiger partial charge in [-0.2, -0.15) is 0 Å². The number of carbonyl (C=O) groups excluding carboxylic acids is 1. The summed E-state index contributed by atoms with van der Waals surface area (Å²) in [5, 5.41) is 22.6. The molecule has 1 atom stereocenters. The van der Waals surface area contributed by atoms with Gasteiger partial charge in [-0.05, 0) is 30.7 Å². The van der Waals surface area contributed by atoms with Gasteiger partial charge in [0.15, 0.2) is 5.16 Å². The number of amides is 1. The van der Waals surface area contributed by atoms with E-state index in [9.17, 15) is 14.9 Å². The maximum absolute atomic E-state index is 12.8.